The van der Waals surface area contributed by atoms with Crippen LogP contribution in [0.2, 0.25) is 10.0 Å². The summed E-state index contributed by atoms with van der Waals surface area (Å²) in [6, 6.07) is 5.18. The van der Waals surface area contributed by atoms with Crippen LogP contribution in [0.25, 0.3) is 6.08 Å². The van der Waals surface area contributed by atoms with Gasteiger partial charge in [-0.3, -0.25) is 4.79 Å². The van der Waals surface area contributed by atoms with Gasteiger partial charge in [0, 0.05) is 21.8 Å². The van der Waals surface area contributed by atoms with E-state index in [-0.39, 0.29) is 11.1 Å². The van der Waals surface area contributed by atoms with E-state index in [4.69, 9.17) is 23.2 Å². The average Bonchev–Trinajstić information content (AvgIpc) is 2.52. The molecule has 0 aliphatic rings. The van der Waals surface area contributed by atoms with Gasteiger partial charge in [-0.05, 0) is 42.0 Å². The van der Waals surface area contributed by atoms with Crippen molar-refractivity contribution in [3.05, 3.63) is 69.2 Å². The SMILES string of the molecule is O=C(/C=C/c1ccc(Cl)cc1Cl)Nc1cc(C(F)(F)F)cc(C(F)(F)F)c1. The lowest BCUT2D eigenvalue weighted by Gasteiger charge is -2.14. The van der Waals surface area contributed by atoms with Gasteiger partial charge in [-0.2, -0.15) is 26.3 Å². The molecule has 27 heavy (non-hydrogen) atoms. The molecule has 0 saturated carbocycles. The van der Waals surface area contributed by atoms with Gasteiger partial charge in [0.15, 0.2) is 0 Å². The van der Waals surface area contributed by atoms with Crippen molar-refractivity contribution in [1.82, 2.24) is 0 Å². The number of rotatable bonds is 3. The van der Waals surface area contributed by atoms with Gasteiger partial charge in [0.25, 0.3) is 0 Å². The molecule has 0 unspecified atom stereocenters. The minimum absolute atomic E-state index is 0.0288. The Kier molecular flexibility index (Phi) is 6.11. The van der Waals surface area contributed by atoms with E-state index < -0.39 is 35.1 Å². The van der Waals surface area contributed by atoms with Crippen molar-refractivity contribution >= 4 is 40.9 Å². The van der Waals surface area contributed by atoms with Crippen molar-refractivity contribution in [1.29, 1.82) is 0 Å². The number of alkyl halides is 6. The van der Waals surface area contributed by atoms with Crippen molar-refractivity contribution in [3.63, 3.8) is 0 Å². The van der Waals surface area contributed by atoms with E-state index >= 15 is 0 Å². The maximum Gasteiger partial charge on any atom is 0.416 e. The highest BCUT2D eigenvalue weighted by Crippen LogP contribution is 2.37. The Morgan fingerprint density at radius 1 is 0.889 bits per heavy atom. The largest absolute Gasteiger partial charge is 0.416 e. The van der Waals surface area contributed by atoms with Crippen molar-refractivity contribution < 1.29 is 31.1 Å². The average molecular weight is 428 g/mol. The van der Waals surface area contributed by atoms with Crippen molar-refractivity contribution in [2.75, 3.05) is 5.32 Å². The summed E-state index contributed by atoms with van der Waals surface area (Å²) in [5, 5.41) is 2.54. The number of hydrogen-bond donors (Lipinski definition) is 1. The van der Waals surface area contributed by atoms with E-state index in [1.807, 2.05) is 5.32 Å². The third kappa shape index (κ3) is 5.90. The first-order valence-corrected chi connectivity index (χ1v) is 7.85. The summed E-state index contributed by atoms with van der Waals surface area (Å²) < 4.78 is 76.8. The van der Waals surface area contributed by atoms with Crippen molar-refractivity contribution in [3.8, 4) is 0 Å². The molecule has 0 aliphatic heterocycles. The maximum atomic E-state index is 12.8. The first-order chi connectivity index (χ1) is 12.4. The third-order valence-electron chi connectivity index (χ3n) is 3.23. The molecule has 144 valence electrons. The van der Waals surface area contributed by atoms with E-state index in [1.165, 1.54) is 24.3 Å². The third-order valence-corrected chi connectivity index (χ3v) is 3.79. The smallest absolute Gasteiger partial charge is 0.322 e. The van der Waals surface area contributed by atoms with Gasteiger partial charge in [-0.25, -0.2) is 0 Å². The van der Waals surface area contributed by atoms with Gasteiger partial charge in [-0.15, -0.1) is 0 Å². The monoisotopic (exact) mass is 427 g/mol. The molecule has 0 saturated heterocycles. The number of hydrogen-bond acceptors (Lipinski definition) is 1. The second-order valence-electron chi connectivity index (χ2n) is 5.28. The molecule has 0 heterocycles. The maximum absolute atomic E-state index is 12.8. The van der Waals surface area contributed by atoms with E-state index in [0.29, 0.717) is 22.7 Å². The van der Waals surface area contributed by atoms with E-state index in [9.17, 15) is 31.1 Å². The summed E-state index contributed by atoms with van der Waals surface area (Å²) in [6.45, 7) is 0. The van der Waals surface area contributed by atoms with Crippen LogP contribution in [0, 0.1) is 0 Å². The molecule has 2 aromatic rings. The lowest BCUT2D eigenvalue weighted by Crippen LogP contribution is -2.14. The van der Waals surface area contributed by atoms with E-state index in [2.05, 4.69) is 0 Å². The predicted molar refractivity (Wildman–Crippen MR) is 90.6 cm³/mol. The van der Waals surface area contributed by atoms with Crippen molar-refractivity contribution in [2.24, 2.45) is 0 Å². The van der Waals surface area contributed by atoms with Gasteiger partial charge in [0.2, 0.25) is 5.91 Å². The number of carbonyl (C=O) groups is 1. The van der Waals surface area contributed by atoms with Crippen LogP contribution in [0.5, 0.6) is 0 Å². The molecular weight excluding hydrogens is 419 g/mol. The van der Waals surface area contributed by atoms with Gasteiger partial charge in [0.05, 0.1) is 11.1 Å². The second-order valence-corrected chi connectivity index (χ2v) is 6.13. The highest BCUT2D eigenvalue weighted by Gasteiger charge is 2.37. The Bertz CT molecular complexity index is 858. The van der Waals surface area contributed by atoms with Crippen LogP contribution >= 0.6 is 23.2 Å². The second kappa shape index (κ2) is 7.82. The van der Waals surface area contributed by atoms with Crippen LogP contribution in [-0.2, 0) is 17.1 Å². The summed E-state index contributed by atoms with van der Waals surface area (Å²) in [6.07, 6.45) is -7.85. The van der Waals surface area contributed by atoms with E-state index in [1.54, 1.807) is 0 Å². The van der Waals surface area contributed by atoms with Crippen LogP contribution in [-0.4, -0.2) is 5.91 Å². The zero-order valence-corrected chi connectivity index (χ0v) is 14.6. The van der Waals surface area contributed by atoms with Crippen LogP contribution in [0.1, 0.15) is 16.7 Å². The van der Waals surface area contributed by atoms with Gasteiger partial charge < -0.3 is 5.32 Å². The predicted octanol–water partition coefficient (Wildman–Crippen LogP) is 6.68. The molecule has 1 amide bonds. The molecule has 10 heteroatoms. The van der Waals surface area contributed by atoms with E-state index in [0.717, 1.165) is 6.08 Å². The summed E-state index contributed by atoms with van der Waals surface area (Å²) >= 11 is 11.6. The summed E-state index contributed by atoms with van der Waals surface area (Å²) in [4.78, 5) is 11.9. The molecule has 2 aromatic carbocycles. The summed E-state index contributed by atoms with van der Waals surface area (Å²) in [5.74, 6) is -0.937. The molecule has 0 atom stereocenters. The van der Waals surface area contributed by atoms with Crippen LogP contribution in [0.15, 0.2) is 42.5 Å². The molecule has 0 aromatic heterocycles. The minimum atomic E-state index is -5.01. The fourth-order valence-corrected chi connectivity index (χ4v) is 2.48. The van der Waals surface area contributed by atoms with Crippen LogP contribution in [0.3, 0.4) is 0 Å². The molecule has 0 fully saturated rings. The molecule has 0 radical (unpaired) electrons. The molecular formula is C17H9Cl2F6NO. The lowest BCUT2D eigenvalue weighted by molar-refractivity contribution is -0.143. The van der Waals surface area contributed by atoms with Crippen LogP contribution < -0.4 is 5.32 Å². The fraction of sp³-hybridized carbons (Fsp3) is 0.118. The number of amides is 1. The molecule has 2 rings (SSSR count). The molecule has 0 spiro atoms. The highest BCUT2D eigenvalue weighted by atomic mass is 35.5. The number of carbonyl (C=O) groups excluding carboxylic acids is 1. The molecule has 2 nitrogen and oxygen atoms in total. The number of benzene rings is 2. The Morgan fingerprint density at radius 3 is 1.93 bits per heavy atom. The fourth-order valence-electron chi connectivity index (χ4n) is 2.01. The summed E-state index contributed by atoms with van der Waals surface area (Å²) in [5.41, 5.74) is -3.32. The van der Waals surface area contributed by atoms with Gasteiger partial charge in [-0.1, -0.05) is 29.3 Å². The van der Waals surface area contributed by atoms with Crippen molar-refractivity contribution in [2.45, 2.75) is 12.4 Å². The first kappa shape index (κ1) is 21.1. The molecule has 0 aliphatic carbocycles. The molecule has 0 bridgehead atoms. The normalized spacial score (nSPS) is 12.4. The molecule has 1 N–H and O–H groups in total. The quantitative estimate of drug-likeness (QED) is 0.429. The minimum Gasteiger partial charge on any atom is -0.322 e. The topological polar surface area (TPSA) is 29.1 Å². The number of anilines is 1. The standard InChI is InChI=1S/C17H9Cl2F6NO/c18-12-3-1-9(14(19)8-12)2-4-15(27)26-13-6-10(16(20,21)22)5-11(7-13)17(23,24)25/h1-8H,(H,26,27)/b4-2+. The Balaban J connectivity index is 2.27. The Hall–Kier alpha value is -2.19. The summed E-state index contributed by atoms with van der Waals surface area (Å²) in [7, 11) is 0. The first-order valence-electron chi connectivity index (χ1n) is 7.10. The van der Waals surface area contributed by atoms with Crippen LogP contribution in [0.4, 0.5) is 32.0 Å². The zero-order valence-electron chi connectivity index (χ0n) is 13.1. The Morgan fingerprint density at radius 2 is 1.44 bits per heavy atom. The number of halogens is 8. The zero-order chi connectivity index (χ0) is 20.4. The van der Waals surface area contributed by atoms with Gasteiger partial charge in [0.1, 0.15) is 0 Å². The number of nitrogens with one attached hydrogen (secondary N) is 1. The highest BCUT2D eigenvalue weighted by molar-refractivity contribution is 6.35. The Labute approximate surface area is 159 Å². The van der Waals surface area contributed by atoms with Gasteiger partial charge >= 0.3 is 12.4 Å². The lowest BCUT2D eigenvalue weighted by atomic mass is 10.1.